The van der Waals surface area contributed by atoms with Crippen LogP contribution in [0.25, 0.3) is 0 Å². The fourth-order valence-corrected chi connectivity index (χ4v) is 3.36. The van der Waals surface area contributed by atoms with E-state index in [2.05, 4.69) is 24.3 Å². The van der Waals surface area contributed by atoms with Crippen LogP contribution in [0, 0.1) is 5.92 Å². The highest BCUT2D eigenvalue weighted by Crippen LogP contribution is 2.38. The molecule has 3 rings (SSSR count). The molecule has 0 saturated heterocycles. The van der Waals surface area contributed by atoms with Crippen LogP contribution in [-0.4, -0.2) is 5.78 Å². The van der Waals surface area contributed by atoms with Gasteiger partial charge < -0.3 is 0 Å². The number of Topliss-reactive ketones (excluding diaryl/α,β-unsaturated/α-hetero) is 1. The molecule has 90 valence electrons. The van der Waals surface area contributed by atoms with Gasteiger partial charge in [0.25, 0.3) is 0 Å². The van der Waals surface area contributed by atoms with Crippen LogP contribution in [0.5, 0.6) is 0 Å². The molecule has 0 amide bonds. The van der Waals surface area contributed by atoms with Crippen molar-refractivity contribution in [1.82, 2.24) is 0 Å². The molecule has 0 aliphatic heterocycles. The van der Waals surface area contributed by atoms with Crippen molar-refractivity contribution in [3.63, 3.8) is 0 Å². The SMILES string of the molecule is O=C(CC1CCCCC1)C1Cc2ccccc21. The molecule has 0 spiro atoms. The van der Waals surface area contributed by atoms with E-state index in [1.165, 1.54) is 43.2 Å². The van der Waals surface area contributed by atoms with E-state index >= 15 is 0 Å². The summed E-state index contributed by atoms with van der Waals surface area (Å²) in [5.41, 5.74) is 2.68. The highest BCUT2D eigenvalue weighted by molar-refractivity contribution is 5.88. The van der Waals surface area contributed by atoms with Crippen molar-refractivity contribution in [3.8, 4) is 0 Å². The van der Waals surface area contributed by atoms with Gasteiger partial charge in [0.2, 0.25) is 0 Å². The zero-order valence-corrected chi connectivity index (χ0v) is 10.3. The third-order valence-corrected chi connectivity index (χ3v) is 4.46. The summed E-state index contributed by atoms with van der Waals surface area (Å²) in [5, 5.41) is 0. The lowest BCUT2D eigenvalue weighted by molar-refractivity contribution is -0.122. The van der Waals surface area contributed by atoms with Gasteiger partial charge in [0.15, 0.2) is 0 Å². The van der Waals surface area contributed by atoms with Crippen molar-refractivity contribution in [2.75, 3.05) is 0 Å². The molecule has 1 nitrogen and oxygen atoms in total. The summed E-state index contributed by atoms with van der Waals surface area (Å²) in [4.78, 5) is 12.3. The van der Waals surface area contributed by atoms with E-state index < -0.39 is 0 Å². The average Bonchev–Trinajstić information content (AvgIpc) is 2.32. The maximum absolute atomic E-state index is 12.3. The summed E-state index contributed by atoms with van der Waals surface area (Å²) < 4.78 is 0. The Morgan fingerprint density at radius 3 is 2.65 bits per heavy atom. The van der Waals surface area contributed by atoms with Crippen LogP contribution >= 0.6 is 0 Å². The highest BCUT2D eigenvalue weighted by atomic mass is 16.1. The monoisotopic (exact) mass is 228 g/mol. The first kappa shape index (κ1) is 11.0. The number of ketones is 1. The number of hydrogen-bond donors (Lipinski definition) is 0. The Labute approximate surface area is 103 Å². The van der Waals surface area contributed by atoms with E-state index in [9.17, 15) is 4.79 Å². The average molecular weight is 228 g/mol. The summed E-state index contributed by atoms with van der Waals surface area (Å²) >= 11 is 0. The molecule has 1 aromatic carbocycles. The number of carbonyl (C=O) groups is 1. The fraction of sp³-hybridized carbons (Fsp3) is 0.562. The maximum Gasteiger partial charge on any atom is 0.140 e. The first-order chi connectivity index (χ1) is 8.34. The lowest BCUT2D eigenvalue weighted by Crippen LogP contribution is -2.27. The number of benzene rings is 1. The molecule has 1 unspecified atom stereocenters. The Kier molecular flexibility index (Phi) is 3.00. The van der Waals surface area contributed by atoms with Gasteiger partial charge in [-0.15, -0.1) is 0 Å². The first-order valence-corrected chi connectivity index (χ1v) is 6.95. The summed E-state index contributed by atoms with van der Waals surface area (Å²) in [5.74, 6) is 1.41. The second-order valence-electron chi connectivity index (χ2n) is 5.63. The van der Waals surface area contributed by atoms with Gasteiger partial charge in [-0.2, -0.15) is 0 Å². The van der Waals surface area contributed by atoms with Gasteiger partial charge in [-0.3, -0.25) is 4.79 Å². The van der Waals surface area contributed by atoms with Gasteiger partial charge in [0.1, 0.15) is 5.78 Å². The number of carbonyl (C=O) groups excluding carboxylic acids is 1. The van der Waals surface area contributed by atoms with E-state index in [4.69, 9.17) is 0 Å². The smallest absolute Gasteiger partial charge is 0.140 e. The Morgan fingerprint density at radius 1 is 1.12 bits per heavy atom. The molecule has 0 radical (unpaired) electrons. The number of fused-ring (bicyclic) bond motifs is 1. The molecule has 17 heavy (non-hydrogen) atoms. The molecule has 0 N–H and O–H groups in total. The molecular formula is C16H20O. The molecule has 1 saturated carbocycles. The van der Waals surface area contributed by atoms with Crippen molar-refractivity contribution < 1.29 is 4.79 Å². The summed E-state index contributed by atoms with van der Waals surface area (Å²) in [6, 6.07) is 8.40. The number of rotatable bonds is 3. The predicted molar refractivity (Wildman–Crippen MR) is 69.1 cm³/mol. The topological polar surface area (TPSA) is 17.1 Å². The van der Waals surface area contributed by atoms with Crippen LogP contribution in [0.4, 0.5) is 0 Å². The van der Waals surface area contributed by atoms with Crippen molar-refractivity contribution in [3.05, 3.63) is 35.4 Å². The number of hydrogen-bond acceptors (Lipinski definition) is 1. The zero-order valence-electron chi connectivity index (χ0n) is 10.3. The molecule has 1 fully saturated rings. The van der Waals surface area contributed by atoms with Gasteiger partial charge in [-0.25, -0.2) is 0 Å². The Hall–Kier alpha value is -1.11. The molecule has 2 aliphatic carbocycles. The zero-order chi connectivity index (χ0) is 11.7. The minimum Gasteiger partial charge on any atom is -0.299 e. The lowest BCUT2D eigenvalue weighted by Gasteiger charge is -2.30. The summed E-state index contributed by atoms with van der Waals surface area (Å²) in [7, 11) is 0. The van der Waals surface area contributed by atoms with Crippen LogP contribution in [0.15, 0.2) is 24.3 Å². The molecule has 1 heteroatoms. The van der Waals surface area contributed by atoms with E-state index in [-0.39, 0.29) is 5.92 Å². The lowest BCUT2D eigenvalue weighted by atomic mass is 9.72. The van der Waals surface area contributed by atoms with Crippen molar-refractivity contribution in [2.24, 2.45) is 5.92 Å². The van der Waals surface area contributed by atoms with E-state index in [1.807, 2.05) is 0 Å². The first-order valence-electron chi connectivity index (χ1n) is 6.95. The quantitative estimate of drug-likeness (QED) is 0.767. The Morgan fingerprint density at radius 2 is 1.88 bits per heavy atom. The summed E-state index contributed by atoms with van der Waals surface area (Å²) in [6.07, 6.45) is 8.41. The van der Waals surface area contributed by atoms with Crippen molar-refractivity contribution in [1.29, 1.82) is 0 Å². The third kappa shape index (κ3) is 2.15. The standard InChI is InChI=1S/C16H20O/c17-16(10-12-6-2-1-3-7-12)15-11-13-8-4-5-9-14(13)15/h4-5,8-9,12,15H,1-3,6-7,10-11H2. The maximum atomic E-state index is 12.3. The van der Waals surface area contributed by atoms with Crippen molar-refractivity contribution >= 4 is 5.78 Å². The molecule has 1 aromatic rings. The minimum absolute atomic E-state index is 0.230. The van der Waals surface area contributed by atoms with Gasteiger partial charge in [-0.1, -0.05) is 56.4 Å². The molecule has 0 aromatic heterocycles. The fourth-order valence-electron chi connectivity index (χ4n) is 3.36. The molecule has 0 heterocycles. The second-order valence-corrected chi connectivity index (χ2v) is 5.63. The predicted octanol–water partition coefficient (Wildman–Crippen LogP) is 3.87. The van der Waals surface area contributed by atoms with E-state index in [1.54, 1.807) is 0 Å². The third-order valence-electron chi connectivity index (χ3n) is 4.46. The summed E-state index contributed by atoms with van der Waals surface area (Å²) in [6.45, 7) is 0. The van der Waals surface area contributed by atoms with Gasteiger partial charge in [-0.05, 0) is 23.5 Å². The van der Waals surface area contributed by atoms with E-state index in [0.717, 1.165) is 12.8 Å². The second kappa shape index (κ2) is 4.64. The van der Waals surface area contributed by atoms with Crippen LogP contribution in [0.2, 0.25) is 0 Å². The van der Waals surface area contributed by atoms with Crippen LogP contribution < -0.4 is 0 Å². The molecular weight excluding hydrogens is 208 g/mol. The molecule has 0 bridgehead atoms. The highest BCUT2D eigenvalue weighted by Gasteiger charge is 2.32. The van der Waals surface area contributed by atoms with Gasteiger partial charge in [0.05, 0.1) is 0 Å². The Bertz CT molecular complexity index is 415. The Balaban J connectivity index is 1.61. The van der Waals surface area contributed by atoms with Crippen LogP contribution in [0.3, 0.4) is 0 Å². The minimum atomic E-state index is 0.230. The van der Waals surface area contributed by atoms with Gasteiger partial charge >= 0.3 is 0 Å². The normalized spacial score (nSPS) is 23.9. The van der Waals surface area contributed by atoms with Crippen molar-refractivity contribution in [2.45, 2.75) is 50.9 Å². The molecule has 2 aliphatic rings. The van der Waals surface area contributed by atoms with Gasteiger partial charge in [0, 0.05) is 12.3 Å². The van der Waals surface area contributed by atoms with E-state index in [0.29, 0.717) is 11.7 Å². The van der Waals surface area contributed by atoms with Crippen LogP contribution in [0.1, 0.15) is 55.6 Å². The largest absolute Gasteiger partial charge is 0.299 e. The van der Waals surface area contributed by atoms with Crippen LogP contribution in [-0.2, 0) is 11.2 Å². The molecule has 1 atom stereocenters.